The maximum atomic E-state index is 13.9. The van der Waals surface area contributed by atoms with E-state index in [0.717, 1.165) is 0 Å². The van der Waals surface area contributed by atoms with E-state index in [4.69, 9.17) is 14.6 Å². The van der Waals surface area contributed by atoms with Crippen LogP contribution in [0.4, 0.5) is 11.6 Å². The maximum Gasteiger partial charge on any atom is 0.277 e. The van der Waals surface area contributed by atoms with Crippen molar-refractivity contribution in [1.82, 2.24) is 49.1 Å². The van der Waals surface area contributed by atoms with E-state index in [2.05, 4.69) is 45.6 Å². The molecule has 62 heavy (non-hydrogen) atoms. The standard InChI is InChI=1S/C42H38N12O8/c1-24-47-26(16-38(48-24)50-41(59)33-17-44-39-11-10-31(51-53(33)39)29-6-2-4-8-35(29)61-21-27(57)19-55)14-25-15-32(30-7-3-5-9-36(30)62-22-28(58)20-56)52-54-34(18-45-40(25)54)42(60)49-37-12-13-43-23-46-37/h2-13,15-18,23,27-28,55-58H,14,19-22H2,1H3,(H,43,46,49,60)(H,47,48,50,59)/t27-,28-/m1/s1. The highest BCUT2D eigenvalue weighted by Crippen LogP contribution is 2.32. The van der Waals surface area contributed by atoms with Gasteiger partial charge in [-0.2, -0.15) is 10.2 Å². The first-order valence-corrected chi connectivity index (χ1v) is 19.2. The van der Waals surface area contributed by atoms with Crippen molar-refractivity contribution in [1.29, 1.82) is 0 Å². The molecule has 8 rings (SSSR count). The molecule has 0 saturated carbocycles. The molecule has 0 aliphatic rings. The minimum Gasteiger partial charge on any atom is -0.490 e. The van der Waals surface area contributed by atoms with Crippen molar-refractivity contribution in [2.45, 2.75) is 25.6 Å². The highest BCUT2D eigenvalue weighted by atomic mass is 16.5. The van der Waals surface area contributed by atoms with Crippen LogP contribution in [0.15, 0.2) is 104 Å². The third-order valence-corrected chi connectivity index (χ3v) is 9.31. The fraction of sp³-hybridized carbons (Fsp3) is 0.190. The number of fused-ring (bicyclic) bond motifs is 2. The van der Waals surface area contributed by atoms with Crippen LogP contribution in [0.1, 0.15) is 38.1 Å². The number of aromatic nitrogens is 10. The van der Waals surface area contributed by atoms with Gasteiger partial charge in [-0.05, 0) is 55.5 Å². The van der Waals surface area contributed by atoms with E-state index in [1.807, 2.05) is 0 Å². The zero-order valence-electron chi connectivity index (χ0n) is 32.9. The first-order valence-electron chi connectivity index (χ1n) is 19.2. The van der Waals surface area contributed by atoms with Crippen LogP contribution in [0.2, 0.25) is 0 Å². The topological polar surface area (TPSA) is 270 Å². The second-order valence-corrected chi connectivity index (χ2v) is 13.8. The molecule has 314 valence electrons. The van der Waals surface area contributed by atoms with Gasteiger partial charge in [0.1, 0.15) is 60.7 Å². The summed E-state index contributed by atoms with van der Waals surface area (Å²) in [6, 6.07) is 22.5. The van der Waals surface area contributed by atoms with E-state index in [0.29, 0.717) is 62.4 Å². The summed E-state index contributed by atoms with van der Waals surface area (Å²) in [6.07, 6.45) is 3.57. The number of nitrogens with one attached hydrogen (secondary N) is 2. The lowest BCUT2D eigenvalue weighted by molar-refractivity contribution is 0.0538. The van der Waals surface area contributed by atoms with Gasteiger partial charge in [0.2, 0.25) is 0 Å². The quantitative estimate of drug-likeness (QED) is 0.0816. The number of amides is 2. The Kier molecular flexibility index (Phi) is 12.0. The van der Waals surface area contributed by atoms with Crippen LogP contribution in [0.25, 0.3) is 33.8 Å². The Balaban J connectivity index is 1.11. The normalized spacial score (nSPS) is 12.3. The summed E-state index contributed by atoms with van der Waals surface area (Å²) >= 11 is 0. The number of para-hydroxylation sites is 2. The first-order chi connectivity index (χ1) is 30.2. The lowest BCUT2D eigenvalue weighted by Gasteiger charge is -2.15. The fourth-order valence-corrected chi connectivity index (χ4v) is 6.41. The van der Waals surface area contributed by atoms with Crippen LogP contribution in [-0.4, -0.2) is 120 Å². The molecule has 8 aromatic rings. The molecular formula is C42H38N12O8. The summed E-state index contributed by atoms with van der Waals surface area (Å²) in [5.74, 6) is 0.546. The number of aliphatic hydroxyl groups excluding tert-OH is 4. The lowest BCUT2D eigenvalue weighted by Crippen LogP contribution is -2.21. The van der Waals surface area contributed by atoms with E-state index >= 15 is 0 Å². The van der Waals surface area contributed by atoms with Gasteiger partial charge in [-0.1, -0.05) is 24.3 Å². The number of nitrogens with zero attached hydrogens (tertiary/aromatic N) is 10. The Labute approximate surface area is 351 Å². The van der Waals surface area contributed by atoms with Crippen molar-refractivity contribution in [2.75, 3.05) is 37.1 Å². The van der Waals surface area contributed by atoms with Gasteiger partial charge >= 0.3 is 0 Å². The molecule has 0 spiro atoms. The number of anilines is 2. The van der Waals surface area contributed by atoms with E-state index in [1.165, 1.54) is 33.9 Å². The summed E-state index contributed by atoms with van der Waals surface area (Å²) in [6.45, 7) is 0.438. The van der Waals surface area contributed by atoms with Gasteiger partial charge in [-0.3, -0.25) is 9.59 Å². The summed E-state index contributed by atoms with van der Waals surface area (Å²) in [5, 5.41) is 53.5. The molecule has 0 aliphatic carbocycles. The molecule has 6 aromatic heterocycles. The smallest absolute Gasteiger partial charge is 0.277 e. The molecule has 0 aliphatic heterocycles. The zero-order valence-corrected chi connectivity index (χ0v) is 32.9. The van der Waals surface area contributed by atoms with Crippen molar-refractivity contribution in [3.63, 3.8) is 0 Å². The largest absolute Gasteiger partial charge is 0.490 e. The number of hydrogen-bond donors (Lipinski definition) is 6. The van der Waals surface area contributed by atoms with E-state index in [1.54, 1.807) is 85.8 Å². The summed E-state index contributed by atoms with van der Waals surface area (Å²) in [4.78, 5) is 53.5. The Bertz CT molecular complexity index is 2890. The van der Waals surface area contributed by atoms with Gasteiger partial charge < -0.3 is 40.5 Å². The summed E-state index contributed by atoms with van der Waals surface area (Å²) in [5.41, 5.74) is 4.06. The molecule has 0 fully saturated rings. The third kappa shape index (κ3) is 9.02. The number of imidazole rings is 2. The second-order valence-electron chi connectivity index (χ2n) is 13.8. The number of rotatable bonds is 16. The Morgan fingerprint density at radius 1 is 0.710 bits per heavy atom. The first kappa shape index (κ1) is 41.0. The second kappa shape index (κ2) is 18.2. The number of benzene rings is 2. The van der Waals surface area contributed by atoms with Gasteiger partial charge in [0.05, 0.1) is 42.7 Å². The predicted octanol–water partition coefficient (Wildman–Crippen LogP) is 2.55. The van der Waals surface area contributed by atoms with Crippen LogP contribution in [0, 0.1) is 6.92 Å². The average Bonchev–Trinajstić information content (AvgIpc) is 3.93. The van der Waals surface area contributed by atoms with Crippen molar-refractivity contribution in [2.24, 2.45) is 0 Å². The number of aliphatic hydroxyl groups is 4. The fourth-order valence-electron chi connectivity index (χ4n) is 6.41. The zero-order chi connectivity index (χ0) is 43.2. The van der Waals surface area contributed by atoms with Crippen LogP contribution in [0.3, 0.4) is 0 Å². The molecule has 2 aromatic carbocycles. The molecule has 6 heterocycles. The number of ether oxygens (including phenoxy) is 2. The molecule has 0 unspecified atom stereocenters. The van der Waals surface area contributed by atoms with Gasteiger partial charge in [-0.15, -0.1) is 0 Å². The Morgan fingerprint density at radius 2 is 1.34 bits per heavy atom. The van der Waals surface area contributed by atoms with Crippen LogP contribution in [0.5, 0.6) is 11.5 Å². The molecule has 0 saturated heterocycles. The molecule has 2 amide bonds. The Morgan fingerprint density at radius 3 is 2.02 bits per heavy atom. The van der Waals surface area contributed by atoms with Crippen LogP contribution in [-0.2, 0) is 6.42 Å². The number of carbonyl (C=O) groups excluding carboxylic acids is 2. The minimum atomic E-state index is -1.11. The Hall–Kier alpha value is -7.78. The number of carbonyl (C=O) groups is 2. The highest BCUT2D eigenvalue weighted by molar-refractivity contribution is 6.03. The van der Waals surface area contributed by atoms with Gasteiger partial charge in [0.25, 0.3) is 11.8 Å². The van der Waals surface area contributed by atoms with E-state index < -0.39 is 37.2 Å². The highest BCUT2D eigenvalue weighted by Gasteiger charge is 2.22. The van der Waals surface area contributed by atoms with Crippen molar-refractivity contribution >= 4 is 34.7 Å². The van der Waals surface area contributed by atoms with Gasteiger partial charge in [-0.25, -0.2) is 38.9 Å². The molecule has 0 bridgehead atoms. The van der Waals surface area contributed by atoms with Crippen LogP contribution < -0.4 is 20.1 Å². The van der Waals surface area contributed by atoms with Crippen LogP contribution >= 0.6 is 0 Å². The third-order valence-electron chi connectivity index (χ3n) is 9.31. The predicted molar refractivity (Wildman–Crippen MR) is 222 cm³/mol. The molecule has 20 nitrogen and oxygen atoms in total. The van der Waals surface area contributed by atoms with Crippen molar-refractivity contribution < 1.29 is 39.5 Å². The van der Waals surface area contributed by atoms with E-state index in [9.17, 15) is 30.0 Å². The van der Waals surface area contributed by atoms with Crippen molar-refractivity contribution in [3.05, 3.63) is 132 Å². The van der Waals surface area contributed by atoms with Crippen molar-refractivity contribution in [3.8, 4) is 34.0 Å². The molecular weight excluding hydrogens is 801 g/mol. The molecule has 0 radical (unpaired) electrons. The number of hydrogen-bond acceptors (Lipinski definition) is 16. The summed E-state index contributed by atoms with van der Waals surface area (Å²) in [7, 11) is 0. The lowest BCUT2D eigenvalue weighted by atomic mass is 10.1. The molecule has 6 N–H and O–H groups in total. The minimum absolute atomic E-state index is 0.101. The molecule has 20 heteroatoms. The molecule has 2 atom stereocenters. The average molecular weight is 839 g/mol. The number of aryl methyl sites for hydroxylation is 1. The van der Waals surface area contributed by atoms with Gasteiger partial charge in [0, 0.05) is 35.4 Å². The van der Waals surface area contributed by atoms with Gasteiger partial charge in [0.15, 0.2) is 22.7 Å². The SMILES string of the molecule is Cc1nc(Cc2cc(-c3ccccc3OC[C@H](O)CO)nn3c(C(=O)Nc4ccncn4)cnc23)cc(NC(=O)c2cnc3ccc(-c4ccccc4OC[C@H](O)CO)nn23)n1. The maximum absolute atomic E-state index is 13.9. The van der Waals surface area contributed by atoms with E-state index in [-0.39, 0.29) is 42.7 Å². The summed E-state index contributed by atoms with van der Waals surface area (Å²) < 4.78 is 14.4. The monoisotopic (exact) mass is 838 g/mol.